The van der Waals surface area contributed by atoms with E-state index in [1.165, 1.54) is 18.6 Å². The predicted molar refractivity (Wildman–Crippen MR) is 59.3 cm³/mol. The minimum Gasteiger partial charge on any atom is -0.326 e. The third-order valence-electron chi connectivity index (χ3n) is 1.96. The fourth-order valence-corrected chi connectivity index (χ4v) is 2.30. The number of sulfonamides is 1. The molecule has 2 heterocycles. The molecule has 0 amide bonds. The summed E-state index contributed by atoms with van der Waals surface area (Å²) in [6, 6.07) is 1.58. The third kappa shape index (κ3) is 2.40. The van der Waals surface area contributed by atoms with Crippen LogP contribution in [0.25, 0.3) is 0 Å². The van der Waals surface area contributed by atoms with Crippen LogP contribution < -0.4 is 10.5 Å². The SMILES string of the molecule is NCc1cn[nH]c1S(=O)(=O)Nc1ncccn1. The number of nitrogens with two attached hydrogens (primary N) is 1. The van der Waals surface area contributed by atoms with Crippen LogP contribution in [0.5, 0.6) is 0 Å². The zero-order valence-corrected chi connectivity index (χ0v) is 9.48. The first-order valence-corrected chi connectivity index (χ1v) is 6.14. The number of nitrogens with one attached hydrogen (secondary N) is 2. The number of hydrogen-bond donors (Lipinski definition) is 3. The van der Waals surface area contributed by atoms with E-state index >= 15 is 0 Å². The Hall–Kier alpha value is -2.00. The van der Waals surface area contributed by atoms with Gasteiger partial charge in [-0.05, 0) is 6.07 Å². The molecule has 0 aliphatic rings. The number of nitrogens with zero attached hydrogens (tertiary/aromatic N) is 3. The fourth-order valence-electron chi connectivity index (χ4n) is 1.20. The lowest BCUT2D eigenvalue weighted by molar-refractivity contribution is 0.595. The molecule has 90 valence electrons. The van der Waals surface area contributed by atoms with Gasteiger partial charge < -0.3 is 5.73 Å². The van der Waals surface area contributed by atoms with Crippen LogP contribution in [-0.2, 0) is 16.6 Å². The normalized spacial score (nSPS) is 11.4. The molecule has 17 heavy (non-hydrogen) atoms. The van der Waals surface area contributed by atoms with Crippen LogP contribution in [-0.4, -0.2) is 28.6 Å². The van der Waals surface area contributed by atoms with E-state index < -0.39 is 10.0 Å². The Morgan fingerprint density at radius 1 is 1.35 bits per heavy atom. The molecular weight excluding hydrogens is 244 g/mol. The van der Waals surface area contributed by atoms with Crippen molar-refractivity contribution in [2.24, 2.45) is 5.73 Å². The van der Waals surface area contributed by atoms with Crippen molar-refractivity contribution in [1.82, 2.24) is 20.2 Å². The minimum atomic E-state index is -3.79. The molecule has 0 saturated carbocycles. The summed E-state index contributed by atoms with van der Waals surface area (Å²) in [6.45, 7) is 0.0718. The van der Waals surface area contributed by atoms with Crippen LogP contribution in [0.1, 0.15) is 5.56 Å². The summed E-state index contributed by atoms with van der Waals surface area (Å²) in [6.07, 6.45) is 4.23. The molecule has 0 unspecified atom stereocenters. The van der Waals surface area contributed by atoms with Gasteiger partial charge in [0.15, 0.2) is 5.03 Å². The van der Waals surface area contributed by atoms with Gasteiger partial charge in [-0.2, -0.15) is 13.5 Å². The Bertz CT molecular complexity index is 593. The van der Waals surface area contributed by atoms with E-state index in [2.05, 4.69) is 24.9 Å². The Kier molecular flexibility index (Phi) is 3.02. The Morgan fingerprint density at radius 2 is 2.06 bits per heavy atom. The zero-order valence-electron chi connectivity index (χ0n) is 8.66. The Labute approximate surface area is 97.3 Å². The average molecular weight is 254 g/mol. The van der Waals surface area contributed by atoms with Gasteiger partial charge >= 0.3 is 0 Å². The van der Waals surface area contributed by atoms with Gasteiger partial charge in [-0.3, -0.25) is 5.10 Å². The van der Waals surface area contributed by atoms with E-state index in [-0.39, 0.29) is 17.5 Å². The minimum absolute atomic E-state index is 0.00919. The molecule has 4 N–H and O–H groups in total. The lowest BCUT2D eigenvalue weighted by Crippen LogP contribution is -2.17. The maximum absolute atomic E-state index is 11.9. The number of aromatic nitrogens is 4. The molecule has 0 aliphatic heterocycles. The van der Waals surface area contributed by atoms with E-state index in [0.29, 0.717) is 5.56 Å². The quantitative estimate of drug-likeness (QED) is 0.672. The van der Waals surface area contributed by atoms with Gasteiger partial charge in [-0.25, -0.2) is 14.7 Å². The van der Waals surface area contributed by atoms with Crippen LogP contribution >= 0.6 is 0 Å². The van der Waals surface area contributed by atoms with Gasteiger partial charge in [-0.15, -0.1) is 0 Å². The molecule has 9 heteroatoms. The highest BCUT2D eigenvalue weighted by atomic mass is 32.2. The van der Waals surface area contributed by atoms with E-state index in [4.69, 9.17) is 5.73 Å². The molecule has 2 aromatic rings. The number of aromatic amines is 1. The summed E-state index contributed by atoms with van der Waals surface area (Å²) in [5, 5.41) is 5.94. The summed E-state index contributed by atoms with van der Waals surface area (Å²) in [5.74, 6) is -0.00919. The molecule has 0 aromatic carbocycles. The van der Waals surface area contributed by atoms with Crippen molar-refractivity contribution >= 4 is 16.0 Å². The number of rotatable bonds is 4. The summed E-state index contributed by atoms with van der Waals surface area (Å²) in [7, 11) is -3.79. The molecule has 0 atom stereocenters. The monoisotopic (exact) mass is 254 g/mol. The average Bonchev–Trinajstić information content (AvgIpc) is 2.78. The topological polar surface area (TPSA) is 127 Å². The largest absolute Gasteiger partial charge is 0.326 e. The van der Waals surface area contributed by atoms with E-state index in [0.717, 1.165) is 0 Å². The van der Waals surface area contributed by atoms with Gasteiger partial charge in [0.05, 0.1) is 6.20 Å². The molecule has 0 radical (unpaired) electrons. The molecule has 8 nitrogen and oxygen atoms in total. The van der Waals surface area contributed by atoms with E-state index in [1.807, 2.05) is 0 Å². The third-order valence-corrected chi connectivity index (χ3v) is 3.30. The molecule has 0 aliphatic carbocycles. The summed E-state index contributed by atoms with van der Waals surface area (Å²) >= 11 is 0. The van der Waals surface area contributed by atoms with Crippen molar-refractivity contribution in [2.45, 2.75) is 11.6 Å². The smallest absolute Gasteiger partial charge is 0.281 e. The Morgan fingerprint density at radius 3 is 2.71 bits per heavy atom. The first-order valence-electron chi connectivity index (χ1n) is 4.65. The van der Waals surface area contributed by atoms with Crippen molar-refractivity contribution in [3.05, 3.63) is 30.2 Å². The lowest BCUT2D eigenvalue weighted by atomic mass is 10.4. The highest BCUT2D eigenvalue weighted by Gasteiger charge is 2.20. The molecular formula is C8H10N6O2S. The maximum atomic E-state index is 11.9. The van der Waals surface area contributed by atoms with Gasteiger partial charge in [0.25, 0.3) is 10.0 Å². The van der Waals surface area contributed by atoms with Crippen molar-refractivity contribution < 1.29 is 8.42 Å². The molecule has 0 fully saturated rings. The van der Waals surface area contributed by atoms with Crippen molar-refractivity contribution in [3.8, 4) is 0 Å². The molecule has 0 saturated heterocycles. The van der Waals surface area contributed by atoms with Crippen LogP contribution in [0.15, 0.2) is 29.7 Å². The van der Waals surface area contributed by atoms with Gasteiger partial charge in [0.2, 0.25) is 5.95 Å². The maximum Gasteiger partial charge on any atom is 0.281 e. The van der Waals surface area contributed by atoms with Crippen LogP contribution in [0, 0.1) is 0 Å². The lowest BCUT2D eigenvalue weighted by Gasteiger charge is -2.05. The summed E-state index contributed by atoms with van der Waals surface area (Å²) in [5.41, 5.74) is 5.80. The van der Waals surface area contributed by atoms with Crippen molar-refractivity contribution in [2.75, 3.05) is 4.72 Å². The molecule has 2 rings (SSSR count). The zero-order chi connectivity index (χ0) is 12.3. The van der Waals surface area contributed by atoms with Gasteiger partial charge in [0.1, 0.15) is 0 Å². The highest BCUT2D eigenvalue weighted by Crippen LogP contribution is 2.13. The van der Waals surface area contributed by atoms with Crippen molar-refractivity contribution in [1.29, 1.82) is 0 Å². The standard InChI is InChI=1S/C8H10N6O2S/c9-4-6-5-12-13-7(6)17(15,16)14-8-10-2-1-3-11-8/h1-3,5H,4,9H2,(H,12,13)(H,10,11,14). The molecule has 0 bridgehead atoms. The van der Waals surface area contributed by atoms with E-state index in [1.54, 1.807) is 6.07 Å². The summed E-state index contributed by atoms with van der Waals surface area (Å²) < 4.78 is 26.1. The molecule has 0 spiro atoms. The van der Waals surface area contributed by atoms with E-state index in [9.17, 15) is 8.42 Å². The second-order valence-corrected chi connectivity index (χ2v) is 4.73. The molecule has 2 aromatic heterocycles. The number of anilines is 1. The Balaban J connectivity index is 2.32. The number of H-pyrrole nitrogens is 1. The first kappa shape index (κ1) is 11.5. The van der Waals surface area contributed by atoms with Gasteiger partial charge in [0, 0.05) is 24.5 Å². The predicted octanol–water partition coefficient (Wildman–Crippen LogP) is -0.541. The fraction of sp³-hybridized carbons (Fsp3) is 0.125. The first-order chi connectivity index (χ1) is 8.13. The van der Waals surface area contributed by atoms with Crippen LogP contribution in [0.2, 0.25) is 0 Å². The summed E-state index contributed by atoms with van der Waals surface area (Å²) in [4.78, 5) is 7.52. The van der Waals surface area contributed by atoms with Crippen LogP contribution in [0.3, 0.4) is 0 Å². The van der Waals surface area contributed by atoms with Gasteiger partial charge in [-0.1, -0.05) is 0 Å². The number of hydrogen-bond acceptors (Lipinski definition) is 6. The highest BCUT2D eigenvalue weighted by molar-refractivity contribution is 7.92. The van der Waals surface area contributed by atoms with Crippen LogP contribution in [0.4, 0.5) is 5.95 Å². The second kappa shape index (κ2) is 4.47. The second-order valence-electron chi connectivity index (χ2n) is 3.11. The van der Waals surface area contributed by atoms with Crippen molar-refractivity contribution in [3.63, 3.8) is 0 Å².